The summed E-state index contributed by atoms with van der Waals surface area (Å²) in [5.41, 5.74) is 2.33. The van der Waals surface area contributed by atoms with Gasteiger partial charge in [0, 0.05) is 13.1 Å². The van der Waals surface area contributed by atoms with Crippen molar-refractivity contribution in [2.24, 2.45) is 5.92 Å². The lowest BCUT2D eigenvalue weighted by Crippen LogP contribution is -2.50. The van der Waals surface area contributed by atoms with Crippen LogP contribution in [-0.2, 0) is 9.59 Å². The van der Waals surface area contributed by atoms with E-state index in [9.17, 15) is 9.59 Å². The molecule has 2 atom stereocenters. The van der Waals surface area contributed by atoms with Crippen molar-refractivity contribution in [3.05, 3.63) is 35.4 Å². The predicted octanol–water partition coefficient (Wildman–Crippen LogP) is 3.61. The molecule has 2 fully saturated rings. The summed E-state index contributed by atoms with van der Waals surface area (Å²) < 4.78 is 0. The number of rotatable bonds is 5. The third-order valence-electron chi connectivity index (χ3n) is 5.09. The number of benzene rings is 1. The van der Waals surface area contributed by atoms with E-state index in [2.05, 4.69) is 32.9 Å². The number of carbonyl (C=O) groups is 2. The summed E-state index contributed by atoms with van der Waals surface area (Å²) in [5.74, 6) is 1.06. The number of nitrogens with zero attached hydrogens (tertiary/aromatic N) is 2. The van der Waals surface area contributed by atoms with Crippen LogP contribution in [0.1, 0.15) is 49.6 Å². The summed E-state index contributed by atoms with van der Waals surface area (Å²) in [6.07, 6.45) is 2.87. The minimum atomic E-state index is -0.342. The van der Waals surface area contributed by atoms with Gasteiger partial charge in [-0.2, -0.15) is 0 Å². The average Bonchev–Trinajstić information content (AvgIpc) is 3.22. The van der Waals surface area contributed by atoms with E-state index in [1.54, 1.807) is 11.8 Å². The molecule has 1 aromatic carbocycles. The van der Waals surface area contributed by atoms with E-state index in [0.29, 0.717) is 11.7 Å². The van der Waals surface area contributed by atoms with Gasteiger partial charge in [0.2, 0.25) is 11.8 Å². The highest BCUT2D eigenvalue weighted by molar-refractivity contribution is 8.00. The molecular formula is C20H28N2O2S. The molecule has 0 saturated carbocycles. The van der Waals surface area contributed by atoms with Crippen molar-refractivity contribution >= 4 is 23.6 Å². The molecule has 0 bridgehead atoms. The maximum atomic E-state index is 13.2. The summed E-state index contributed by atoms with van der Waals surface area (Å²) >= 11 is 1.65. The summed E-state index contributed by atoms with van der Waals surface area (Å²) in [6.45, 7) is 7.99. The molecule has 2 aliphatic heterocycles. The van der Waals surface area contributed by atoms with E-state index < -0.39 is 0 Å². The molecular weight excluding hydrogens is 332 g/mol. The van der Waals surface area contributed by atoms with Crippen LogP contribution in [0.25, 0.3) is 0 Å². The lowest BCUT2D eigenvalue weighted by Gasteiger charge is -2.35. The van der Waals surface area contributed by atoms with Crippen molar-refractivity contribution in [3.8, 4) is 0 Å². The van der Waals surface area contributed by atoms with Crippen LogP contribution in [0.2, 0.25) is 0 Å². The number of aryl methyl sites for hydroxylation is 1. The van der Waals surface area contributed by atoms with Crippen molar-refractivity contribution in [1.29, 1.82) is 0 Å². The monoisotopic (exact) mass is 360 g/mol. The van der Waals surface area contributed by atoms with Gasteiger partial charge in [-0.1, -0.05) is 38.1 Å². The summed E-state index contributed by atoms with van der Waals surface area (Å²) in [4.78, 5) is 29.8. The SMILES string of the molecule is Cc1ccccc1[C@@H]1SCC(=O)N1[C@@H](CC(C)C)C(=O)N1CCCC1. The van der Waals surface area contributed by atoms with Gasteiger partial charge in [0.15, 0.2) is 0 Å². The lowest BCUT2D eigenvalue weighted by atomic mass is 9.99. The van der Waals surface area contributed by atoms with Crippen molar-refractivity contribution < 1.29 is 9.59 Å². The van der Waals surface area contributed by atoms with E-state index in [4.69, 9.17) is 0 Å². The fourth-order valence-electron chi connectivity index (χ4n) is 3.80. The van der Waals surface area contributed by atoms with E-state index in [1.165, 1.54) is 5.56 Å². The van der Waals surface area contributed by atoms with Crippen molar-refractivity contribution in [3.63, 3.8) is 0 Å². The smallest absolute Gasteiger partial charge is 0.245 e. The Kier molecular flexibility index (Phi) is 5.72. The quantitative estimate of drug-likeness (QED) is 0.805. The van der Waals surface area contributed by atoms with Crippen molar-refractivity contribution in [1.82, 2.24) is 9.80 Å². The standard InChI is InChI=1S/C20H28N2O2S/c1-14(2)12-17(19(24)21-10-6-7-11-21)22-18(23)13-25-20(22)16-9-5-4-8-15(16)3/h4-5,8-9,14,17,20H,6-7,10-13H2,1-3H3/t17-,20-/m0/s1. The number of amides is 2. The number of likely N-dealkylation sites (tertiary alicyclic amines) is 1. The first-order chi connectivity index (χ1) is 12.0. The maximum Gasteiger partial charge on any atom is 0.245 e. The fraction of sp³-hybridized carbons (Fsp3) is 0.600. The average molecular weight is 361 g/mol. The predicted molar refractivity (Wildman–Crippen MR) is 102 cm³/mol. The number of thioether (sulfide) groups is 1. The zero-order valence-corrected chi connectivity index (χ0v) is 16.2. The van der Waals surface area contributed by atoms with E-state index in [1.807, 2.05) is 21.9 Å². The van der Waals surface area contributed by atoms with Gasteiger partial charge in [-0.25, -0.2) is 0 Å². The maximum absolute atomic E-state index is 13.2. The molecule has 136 valence electrons. The lowest BCUT2D eigenvalue weighted by molar-refractivity contribution is -0.144. The molecule has 2 heterocycles. The topological polar surface area (TPSA) is 40.6 Å². The van der Waals surface area contributed by atoms with Crippen LogP contribution in [0.5, 0.6) is 0 Å². The normalized spacial score (nSPS) is 22.1. The van der Waals surface area contributed by atoms with E-state index in [-0.39, 0.29) is 23.2 Å². The van der Waals surface area contributed by atoms with Crippen LogP contribution in [0.4, 0.5) is 0 Å². The Morgan fingerprint density at radius 3 is 2.56 bits per heavy atom. The second kappa shape index (κ2) is 7.81. The minimum absolute atomic E-state index is 0.0518. The molecule has 4 nitrogen and oxygen atoms in total. The molecule has 2 aliphatic rings. The second-order valence-corrected chi connectivity index (χ2v) is 8.57. The summed E-state index contributed by atoms with van der Waals surface area (Å²) in [6, 6.07) is 7.86. The van der Waals surface area contributed by atoms with Gasteiger partial charge >= 0.3 is 0 Å². The summed E-state index contributed by atoms with van der Waals surface area (Å²) in [7, 11) is 0. The highest BCUT2D eigenvalue weighted by Gasteiger charge is 2.42. The fourth-order valence-corrected chi connectivity index (χ4v) is 5.12. The highest BCUT2D eigenvalue weighted by Crippen LogP contribution is 2.42. The van der Waals surface area contributed by atoms with Crippen LogP contribution in [0.15, 0.2) is 24.3 Å². The number of hydrogen-bond donors (Lipinski definition) is 0. The first kappa shape index (κ1) is 18.3. The van der Waals surface area contributed by atoms with Crippen molar-refractivity contribution in [2.45, 2.75) is 51.4 Å². The van der Waals surface area contributed by atoms with Crippen LogP contribution in [-0.4, -0.2) is 46.5 Å². The molecule has 0 aliphatic carbocycles. The van der Waals surface area contributed by atoms with E-state index >= 15 is 0 Å². The number of hydrogen-bond acceptors (Lipinski definition) is 3. The third kappa shape index (κ3) is 3.86. The Morgan fingerprint density at radius 2 is 1.92 bits per heavy atom. The Morgan fingerprint density at radius 1 is 1.24 bits per heavy atom. The zero-order chi connectivity index (χ0) is 18.0. The molecule has 1 aromatic rings. The molecule has 3 rings (SSSR count). The Bertz CT molecular complexity index is 640. The molecule has 5 heteroatoms. The molecule has 2 amide bonds. The van der Waals surface area contributed by atoms with Crippen molar-refractivity contribution in [2.75, 3.05) is 18.8 Å². The first-order valence-corrected chi connectivity index (χ1v) is 10.3. The van der Waals surface area contributed by atoms with Crippen LogP contribution >= 0.6 is 11.8 Å². The molecule has 0 N–H and O–H groups in total. The van der Waals surface area contributed by atoms with E-state index in [0.717, 1.165) is 37.9 Å². The van der Waals surface area contributed by atoms with Gasteiger partial charge in [-0.05, 0) is 43.2 Å². The van der Waals surface area contributed by atoms with Crippen LogP contribution in [0, 0.1) is 12.8 Å². The third-order valence-corrected chi connectivity index (χ3v) is 6.30. The second-order valence-electron chi connectivity index (χ2n) is 7.50. The molecule has 2 saturated heterocycles. The molecule has 0 spiro atoms. The minimum Gasteiger partial charge on any atom is -0.341 e. The molecule has 0 unspecified atom stereocenters. The van der Waals surface area contributed by atoms with Gasteiger partial charge < -0.3 is 9.80 Å². The Balaban J connectivity index is 1.92. The van der Waals surface area contributed by atoms with Crippen LogP contribution < -0.4 is 0 Å². The molecule has 0 aromatic heterocycles. The Hall–Kier alpha value is -1.49. The van der Waals surface area contributed by atoms with Gasteiger partial charge in [0.25, 0.3) is 0 Å². The molecule has 25 heavy (non-hydrogen) atoms. The Labute approximate surface area is 154 Å². The van der Waals surface area contributed by atoms with Gasteiger partial charge in [-0.3, -0.25) is 9.59 Å². The molecule has 0 radical (unpaired) electrons. The zero-order valence-electron chi connectivity index (χ0n) is 15.4. The van der Waals surface area contributed by atoms with Crippen LogP contribution in [0.3, 0.4) is 0 Å². The number of carbonyl (C=O) groups excluding carboxylic acids is 2. The highest BCUT2D eigenvalue weighted by atomic mass is 32.2. The largest absolute Gasteiger partial charge is 0.341 e. The summed E-state index contributed by atoms with van der Waals surface area (Å²) in [5, 5.41) is -0.0518. The van der Waals surface area contributed by atoms with Gasteiger partial charge in [-0.15, -0.1) is 11.8 Å². The van der Waals surface area contributed by atoms with Gasteiger partial charge in [0.1, 0.15) is 11.4 Å². The first-order valence-electron chi connectivity index (χ1n) is 9.26. The van der Waals surface area contributed by atoms with Gasteiger partial charge in [0.05, 0.1) is 5.75 Å².